The number of hydrogen-bond donors (Lipinski definition) is 0. The molecule has 0 aliphatic carbocycles. The van der Waals surface area contributed by atoms with Crippen molar-refractivity contribution in [3.05, 3.63) is 33.4 Å². The lowest BCUT2D eigenvalue weighted by Crippen LogP contribution is -2.36. The Kier molecular flexibility index (Phi) is 4.74. The molecule has 1 fully saturated rings. The first-order valence-electron chi connectivity index (χ1n) is 6.83. The van der Waals surface area contributed by atoms with Crippen molar-refractivity contribution >= 4 is 17.3 Å². The predicted octanol–water partition coefficient (Wildman–Crippen LogP) is 1.92. The van der Waals surface area contributed by atoms with Crippen LogP contribution in [0.5, 0.6) is 0 Å². The number of aryl methyl sites for hydroxylation is 1. The highest BCUT2D eigenvalue weighted by Gasteiger charge is 2.26. The Morgan fingerprint density at radius 2 is 2.10 bits per heavy atom. The second-order valence-corrected chi connectivity index (χ2v) is 4.74. The first-order chi connectivity index (χ1) is 10.0. The molecule has 1 aliphatic heterocycles. The quantitative estimate of drug-likeness (QED) is 0.479. The van der Waals surface area contributed by atoms with E-state index in [9.17, 15) is 14.9 Å². The first-order valence-corrected chi connectivity index (χ1v) is 6.83. The molecule has 2 rings (SSSR count). The van der Waals surface area contributed by atoms with Crippen LogP contribution in [0, 0.1) is 17.0 Å². The fraction of sp³-hybridized carbons (Fsp3) is 0.500. The molecular formula is C14H18N2O5. The molecule has 0 spiro atoms. The fourth-order valence-corrected chi connectivity index (χ4v) is 2.37. The first kappa shape index (κ1) is 15.2. The zero-order valence-corrected chi connectivity index (χ0v) is 12.1. The molecule has 0 atom stereocenters. The smallest absolute Gasteiger partial charge is 0.345 e. The Bertz CT molecular complexity index is 553. The summed E-state index contributed by atoms with van der Waals surface area (Å²) < 4.78 is 10.2. The predicted molar refractivity (Wildman–Crippen MR) is 76.8 cm³/mol. The highest BCUT2D eigenvalue weighted by atomic mass is 16.6. The highest BCUT2D eigenvalue weighted by Crippen LogP contribution is 2.30. The molecule has 0 unspecified atom stereocenters. The van der Waals surface area contributed by atoms with E-state index in [1.54, 1.807) is 19.9 Å². The Morgan fingerprint density at radius 3 is 2.67 bits per heavy atom. The van der Waals surface area contributed by atoms with Crippen molar-refractivity contribution in [3.8, 4) is 0 Å². The second kappa shape index (κ2) is 6.53. The molecule has 0 amide bonds. The van der Waals surface area contributed by atoms with Gasteiger partial charge in [-0.25, -0.2) is 4.79 Å². The van der Waals surface area contributed by atoms with E-state index in [1.165, 1.54) is 6.07 Å². The number of hydrogen-bond acceptors (Lipinski definition) is 6. The molecule has 114 valence electrons. The summed E-state index contributed by atoms with van der Waals surface area (Å²) in [6, 6.07) is 3.26. The minimum Gasteiger partial charge on any atom is -0.462 e. The number of carbonyl (C=O) groups excluding carboxylic acids is 1. The summed E-state index contributed by atoms with van der Waals surface area (Å²) in [6.45, 7) is 6.07. The van der Waals surface area contributed by atoms with E-state index in [2.05, 4.69) is 0 Å². The van der Waals surface area contributed by atoms with Crippen LogP contribution < -0.4 is 4.90 Å². The molecule has 1 aromatic carbocycles. The Hall–Kier alpha value is -2.15. The molecule has 0 aromatic heterocycles. The van der Waals surface area contributed by atoms with Gasteiger partial charge >= 0.3 is 5.97 Å². The average Bonchev–Trinajstić information content (AvgIpc) is 2.47. The summed E-state index contributed by atoms with van der Waals surface area (Å²) in [4.78, 5) is 24.7. The lowest BCUT2D eigenvalue weighted by atomic mass is 10.1. The number of nitrogens with zero attached hydrogens (tertiary/aromatic N) is 2. The standard InChI is InChI=1S/C14H18N2O5/c1-3-21-14(17)12-9-11(15-4-6-20-7-5-15)8-10(2)13(12)16(18)19/h8-9H,3-7H2,1-2H3. The molecule has 7 heteroatoms. The number of nitro benzene ring substituents is 1. The van der Waals surface area contributed by atoms with Crippen LogP contribution in [0.15, 0.2) is 12.1 Å². The number of ether oxygens (including phenoxy) is 2. The third kappa shape index (κ3) is 3.30. The molecule has 21 heavy (non-hydrogen) atoms. The van der Waals surface area contributed by atoms with Gasteiger partial charge in [-0.05, 0) is 26.0 Å². The van der Waals surface area contributed by atoms with E-state index in [-0.39, 0.29) is 17.9 Å². The molecular weight excluding hydrogens is 276 g/mol. The monoisotopic (exact) mass is 294 g/mol. The zero-order valence-electron chi connectivity index (χ0n) is 12.1. The number of anilines is 1. The Balaban J connectivity index is 2.45. The van der Waals surface area contributed by atoms with E-state index in [0.29, 0.717) is 31.9 Å². The molecule has 0 N–H and O–H groups in total. The van der Waals surface area contributed by atoms with Crippen LogP contribution in [-0.2, 0) is 9.47 Å². The molecule has 1 aliphatic rings. The van der Waals surface area contributed by atoms with Gasteiger partial charge in [0, 0.05) is 24.3 Å². The third-order valence-corrected chi connectivity index (χ3v) is 3.34. The minimum absolute atomic E-state index is 0.00309. The van der Waals surface area contributed by atoms with Gasteiger partial charge in [-0.2, -0.15) is 0 Å². The second-order valence-electron chi connectivity index (χ2n) is 4.74. The number of esters is 1. The van der Waals surface area contributed by atoms with Crippen molar-refractivity contribution in [2.24, 2.45) is 0 Å². The summed E-state index contributed by atoms with van der Waals surface area (Å²) in [5.41, 5.74) is 1.05. The van der Waals surface area contributed by atoms with Gasteiger partial charge in [0.1, 0.15) is 5.56 Å². The lowest BCUT2D eigenvalue weighted by Gasteiger charge is -2.29. The summed E-state index contributed by atoms with van der Waals surface area (Å²) in [7, 11) is 0. The van der Waals surface area contributed by atoms with Crippen molar-refractivity contribution in [1.29, 1.82) is 0 Å². The van der Waals surface area contributed by atoms with Crippen LogP contribution >= 0.6 is 0 Å². The number of nitro groups is 1. The van der Waals surface area contributed by atoms with Gasteiger partial charge in [0.05, 0.1) is 24.7 Å². The normalized spacial score (nSPS) is 14.9. The maximum absolute atomic E-state index is 12.0. The minimum atomic E-state index is -0.664. The largest absolute Gasteiger partial charge is 0.462 e. The Morgan fingerprint density at radius 1 is 1.43 bits per heavy atom. The molecule has 0 bridgehead atoms. The SMILES string of the molecule is CCOC(=O)c1cc(N2CCOCC2)cc(C)c1[N+](=O)[O-]. The van der Waals surface area contributed by atoms with Gasteiger partial charge in [-0.1, -0.05) is 0 Å². The summed E-state index contributed by atoms with van der Waals surface area (Å²) in [6.07, 6.45) is 0. The van der Waals surface area contributed by atoms with Crippen molar-refractivity contribution < 1.29 is 19.2 Å². The van der Waals surface area contributed by atoms with Crippen molar-refractivity contribution in [2.45, 2.75) is 13.8 Å². The highest BCUT2D eigenvalue weighted by molar-refractivity contribution is 5.96. The van der Waals surface area contributed by atoms with Gasteiger partial charge in [0.25, 0.3) is 5.69 Å². The molecule has 1 heterocycles. The van der Waals surface area contributed by atoms with Crippen LogP contribution in [0.4, 0.5) is 11.4 Å². The maximum Gasteiger partial charge on any atom is 0.345 e. The fourth-order valence-electron chi connectivity index (χ4n) is 2.37. The maximum atomic E-state index is 12.0. The number of carbonyl (C=O) groups is 1. The lowest BCUT2D eigenvalue weighted by molar-refractivity contribution is -0.385. The van der Waals surface area contributed by atoms with Gasteiger partial charge in [0.2, 0.25) is 0 Å². The van der Waals surface area contributed by atoms with Gasteiger partial charge in [-0.3, -0.25) is 10.1 Å². The van der Waals surface area contributed by atoms with E-state index in [4.69, 9.17) is 9.47 Å². The van der Waals surface area contributed by atoms with E-state index in [0.717, 1.165) is 5.69 Å². The zero-order chi connectivity index (χ0) is 15.4. The molecule has 1 saturated heterocycles. The topological polar surface area (TPSA) is 81.9 Å². The molecule has 0 saturated carbocycles. The van der Waals surface area contributed by atoms with Crippen molar-refractivity contribution in [1.82, 2.24) is 0 Å². The average molecular weight is 294 g/mol. The molecule has 1 aromatic rings. The number of morpholine rings is 1. The molecule has 0 radical (unpaired) electrons. The van der Waals surface area contributed by atoms with Crippen molar-refractivity contribution in [2.75, 3.05) is 37.8 Å². The summed E-state index contributed by atoms with van der Waals surface area (Å²) in [5.74, 6) is -0.664. The van der Waals surface area contributed by atoms with Crippen LogP contribution in [0.3, 0.4) is 0 Å². The third-order valence-electron chi connectivity index (χ3n) is 3.34. The van der Waals surface area contributed by atoms with Gasteiger partial charge < -0.3 is 14.4 Å². The van der Waals surface area contributed by atoms with Crippen LogP contribution in [0.1, 0.15) is 22.8 Å². The number of benzene rings is 1. The summed E-state index contributed by atoms with van der Waals surface area (Å²) >= 11 is 0. The summed E-state index contributed by atoms with van der Waals surface area (Å²) in [5, 5.41) is 11.2. The van der Waals surface area contributed by atoms with Crippen LogP contribution in [-0.4, -0.2) is 43.8 Å². The van der Waals surface area contributed by atoms with Gasteiger partial charge in [0.15, 0.2) is 0 Å². The van der Waals surface area contributed by atoms with E-state index < -0.39 is 10.9 Å². The van der Waals surface area contributed by atoms with E-state index >= 15 is 0 Å². The molecule has 7 nitrogen and oxygen atoms in total. The number of rotatable bonds is 4. The van der Waals surface area contributed by atoms with E-state index in [1.807, 2.05) is 4.90 Å². The van der Waals surface area contributed by atoms with Crippen LogP contribution in [0.2, 0.25) is 0 Å². The van der Waals surface area contributed by atoms with Crippen molar-refractivity contribution in [3.63, 3.8) is 0 Å². The Labute approximate surface area is 122 Å². The van der Waals surface area contributed by atoms with Crippen LogP contribution in [0.25, 0.3) is 0 Å². The van der Waals surface area contributed by atoms with Gasteiger partial charge in [-0.15, -0.1) is 0 Å².